The number of pyridine rings is 1. The highest BCUT2D eigenvalue weighted by Crippen LogP contribution is 2.40. The molecule has 3 saturated heterocycles. The highest BCUT2D eigenvalue weighted by molar-refractivity contribution is 7.50. The number of fused-ring (bicyclic) bond motifs is 2. The van der Waals surface area contributed by atoms with Crippen molar-refractivity contribution in [2.75, 3.05) is 13.1 Å². The lowest BCUT2D eigenvalue weighted by atomic mass is 9.89. The van der Waals surface area contributed by atoms with Crippen LogP contribution < -0.4 is 5.32 Å². The number of aromatic nitrogens is 1. The van der Waals surface area contributed by atoms with Crippen LogP contribution in [0.1, 0.15) is 69.2 Å². The lowest BCUT2D eigenvalue weighted by Crippen LogP contribution is -2.58. The van der Waals surface area contributed by atoms with Crippen LogP contribution in [0.2, 0.25) is 0 Å². The highest BCUT2D eigenvalue weighted by Gasteiger charge is 2.47. The van der Waals surface area contributed by atoms with Crippen molar-refractivity contribution in [2.45, 2.75) is 62.3 Å². The fourth-order valence-corrected chi connectivity index (χ4v) is 8.06. The number of carbonyl (C=O) groups excluding carboxylic acids is 4. The second kappa shape index (κ2) is 11.3. The Kier molecular flexibility index (Phi) is 7.74. The summed E-state index contributed by atoms with van der Waals surface area (Å²) in [6, 6.07) is 7.01. The minimum atomic E-state index is -4.22. The summed E-state index contributed by atoms with van der Waals surface area (Å²) in [6.07, 6.45) is 6.99. The standard InChI is InChI=1S/C29H31N4O7PS/c34-15-18-8-9-30-12-22(18)20-13-32(14-20)29(37)24-6-5-21-2-1-3-23(28(36)33(21)24)31-27(35)26-11-19-10-17(16-41(38,39)40)4-7-25(19)42-26/h4,7-12,15,20-21,23-24H,1-3,5-6,13-14,16H2,(H,31,35)(H2,38,39,40)/t21-,23-,24-/m0/s1. The monoisotopic (exact) mass is 610 g/mol. The van der Waals surface area contributed by atoms with Gasteiger partial charge < -0.3 is 24.9 Å². The molecule has 0 bridgehead atoms. The minimum absolute atomic E-state index is 0.0288. The van der Waals surface area contributed by atoms with E-state index in [9.17, 15) is 33.5 Å². The van der Waals surface area contributed by atoms with Crippen LogP contribution in [0.3, 0.4) is 0 Å². The zero-order chi connectivity index (χ0) is 29.6. The number of benzene rings is 1. The molecule has 0 unspecified atom stereocenters. The first kappa shape index (κ1) is 28.7. The van der Waals surface area contributed by atoms with Crippen molar-refractivity contribution in [3.63, 3.8) is 0 Å². The van der Waals surface area contributed by atoms with Crippen molar-refractivity contribution in [3.8, 4) is 0 Å². The third-order valence-corrected chi connectivity index (χ3v) is 10.4. The molecule has 11 nitrogen and oxygen atoms in total. The third-order valence-electron chi connectivity index (χ3n) is 8.52. The van der Waals surface area contributed by atoms with Gasteiger partial charge in [0.1, 0.15) is 18.4 Å². The Bertz CT molecular complexity index is 1610. The molecular weight excluding hydrogens is 579 g/mol. The largest absolute Gasteiger partial charge is 0.340 e. The summed E-state index contributed by atoms with van der Waals surface area (Å²) in [7, 11) is -4.22. The highest BCUT2D eigenvalue weighted by atomic mass is 32.1. The van der Waals surface area contributed by atoms with E-state index >= 15 is 0 Å². The molecule has 3 fully saturated rings. The van der Waals surface area contributed by atoms with Crippen molar-refractivity contribution in [2.24, 2.45) is 0 Å². The molecule has 0 saturated carbocycles. The van der Waals surface area contributed by atoms with Crippen molar-refractivity contribution in [3.05, 3.63) is 64.3 Å². The number of nitrogens with one attached hydrogen (secondary N) is 1. The molecule has 3 amide bonds. The maximum Gasteiger partial charge on any atom is 0.329 e. The average molecular weight is 611 g/mol. The molecule has 2 aromatic heterocycles. The van der Waals surface area contributed by atoms with Gasteiger partial charge in [0.25, 0.3) is 5.91 Å². The molecule has 42 heavy (non-hydrogen) atoms. The summed E-state index contributed by atoms with van der Waals surface area (Å²) in [4.78, 5) is 78.5. The van der Waals surface area contributed by atoms with Crippen molar-refractivity contribution in [1.82, 2.24) is 20.1 Å². The average Bonchev–Trinajstić information content (AvgIpc) is 3.51. The van der Waals surface area contributed by atoms with Gasteiger partial charge in [0, 0.05) is 47.7 Å². The molecule has 3 aliphatic rings. The Balaban J connectivity index is 1.13. The van der Waals surface area contributed by atoms with Gasteiger partial charge in [-0.25, -0.2) is 0 Å². The van der Waals surface area contributed by atoms with E-state index in [1.807, 2.05) is 0 Å². The lowest BCUT2D eigenvalue weighted by Gasteiger charge is -2.42. The Labute approximate surface area is 246 Å². The Morgan fingerprint density at radius 2 is 1.93 bits per heavy atom. The predicted molar refractivity (Wildman–Crippen MR) is 155 cm³/mol. The number of carbonyl (C=O) groups is 4. The first-order valence-electron chi connectivity index (χ1n) is 14.0. The first-order valence-corrected chi connectivity index (χ1v) is 16.6. The molecule has 5 heterocycles. The predicted octanol–water partition coefficient (Wildman–Crippen LogP) is 3.05. The van der Waals surface area contributed by atoms with Gasteiger partial charge in [0.2, 0.25) is 11.8 Å². The fourth-order valence-electron chi connectivity index (χ4n) is 6.44. The van der Waals surface area contributed by atoms with Gasteiger partial charge in [0.05, 0.1) is 11.0 Å². The van der Waals surface area contributed by atoms with Gasteiger partial charge in [-0.1, -0.05) is 6.07 Å². The van der Waals surface area contributed by atoms with E-state index in [4.69, 9.17) is 0 Å². The molecule has 13 heteroatoms. The molecule has 1 aromatic carbocycles. The Hall–Kier alpha value is -3.44. The van der Waals surface area contributed by atoms with Crippen LogP contribution in [-0.4, -0.2) is 79.8 Å². The quantitative estimate of drug-likeness (QED) is 0.272. The number of hydrogen-bond acceptors (Lipinski definition) is 7. The van der Waals surface area contributed by atoms with E-state index in [2.05, 4.69) is 10.3 Å². The van der Waals surface area contributed by atoms with Gasteiger partial charge in [-0.05, 0) is 72.9 Å². The Morgan fingerprint density at radius 3 is 2.69 bits per heavy atom. The van der Waals surface area contributed by atoms with Gasteiger partial charge in [0.15, 0.2) is 0 Å². The number of nitrogens with zero attached hydrogens (tertiary/aromatic N) is 3. The summed E-state index contributed by atoms with van der Waals surface area (Å²) < 4.78 is 12.2. The number of hydrogen-bond donors (Lipinski definition) is 3. The molecule has 3 aliphatic heterocycles. The first-order chi connectivity index (χ1) is 20.1. The summed E-state index contributed by atoms with van der Waals surface area (Å²) in [5, 5.41) is 3.60. The number of likely N-dealkylation sites (tertiary alicyclic amines) is 1. The topological polar surface area (TPSA) is 157 Å². The van der Waals surface area contributed by atoms with Gasteiger partial charge in [-0.3, -0.25) is 28.7 Å². The molecule has 0 radical (unpaired) electrons. The summed E-state index contributed by atoms with van der Waals surface area (Å²) in [6.45, 7) is 0.938. The van der Waals surface area contributed by atoms with Crippen LogP contribution in [0.15, 0.2) is 42.7 Å². The van der Waals surface area contributed by atoms with E-state index in [0.29, 0.717) is 47.3 Å². The molecule has 6 rings (SSSR count). The molecular formula is C29H31N4O7PS. The van der Waals surface area contributed by atoms with E-state index in [-0.39, 0.29) is 35.8 Å². The molecule has 0 spiro atoms. The maximum atomic E-state index is 13.8. The number of thiophene rings is 1. The van der Waals surface area contributed by atoms with Gasteiger partial charge >= 0.3 is 7.60 Å². The zero-order valence-electron chi connectivity index (χ0n) is 22.7. The maximum absolute atomic E-state index is 13.8. The number of amides is 3. The van der Waals surface area contributed by atoms with Crippen LogP contribution in [-0.2, 0) is 20.3 Å². The lowest BCUT2D eigenvalue weighted by molar-refractivity contribution is -0.148. The second-order valence-corrected chi connectivity index (χ2v) is 14.0. The van der Waals surface area contributed by atoms with E-state index in [1.165, 1.54) is 11.3 Å². The SMILES string of the molecule is O=Cc1ccncc1C1CN(C(=O)[C@@H]2CC[C@@H]3CCC[C@H](NC(=O)c4cc5cc(CP(=O)(O)O)ccc5s4)C(=O)N32)C1. The molecule has 3 atom stereocenters. The van der Waals surface area contributed by atoms with Crippen LogP contribution in [0, 0.1) is 0 Å². The van der Waals surface area contributed by atoms with E-state index < -0.39 is 19.7 Å². The molecule has 3 N–H and O–H groups in total. The summed E-state index contributed by atoms with van der Waals surface area (Å²) in [5.74, 6) is -0.693. The molecule has 3 aromatic rings. The third kappa shape index (κ3) is 5.64. The Morgan fingerprint density at radius 1 is 1.12 bits per heavy atom. The van der Waals surface area contributed by atoms with Crippen molar-refractivity contribution < 1.29 is 33.5 Å². The van der Waals surface area contributed by atoms with Crippen LogP contribution in [0.5, 0.6) is 0 Å². The zero-order valence-corrected chi connectivity index (χ0v) is 24.4. The second-order valence-electron chi connectivity index (χ2n) is 11.3. The molecule has 0 aliphatic carbocycles. The van der Waals surface area contributed by atoms with E-state index in [0.717, 1.165) is 35.8 Å². The smallest absolute Gasteiger partial charge is 0.329 e. The summed E-state index contributed by atoms with van der Waals surface area (Å²) in [5.41, 5.74) is 1.88. The van der Waals surface area contributed by atoms with Gasteiger partial charge in [-0.15, -0.1) is 11.3 Å². The van der Waals surface area contributed by atoms with Crippen molar-refractivity contribution in [1.29, 1.82) is 0 Å². The number of aldehydes is 1. The van der Waals surface area contributed by atoms with Crippen molar-refractivity contribution >= 4 is 53.0 Å². The normalized spacial score (nSPS) is 22.9. The minimum Gasteiger partial charge on any atom is -0.340 e. The van der Waals surface area contributed by atoms with Crippen LogP contribution in [0.4, 0.5) is 0 Å². The summed E-state index contributed by atoms with van der Waals surface area (Å²) >= 11 is 1.25. The fraction of sp³-hybridized carbons (Fsp3) is 0.414. The van der Waals surface area contributed by atoms with E-state index in [1.54, 1.807) is 52.5 Å². The molecule has 220 valence electrons. The van der Waals surface area contributed by atoms with Crippen LogP contribution in [0.25, 0.3) is 10.1 Å². The van der Waals surface area contributed by atoms with Crippen LogP contribution >= 0.6 is 18.9 Å². The number of rotatable bonds is 7. The van der Waals surface area contributed by atoms with Gasteiger partial charge in [-0.2, -0.15) is 0 Å².